The molecule has 0 unspecified atom stereocenters. The molecule has 0 bridgehead atoms. The van der Waals surface area contributed by atoms with Gasteiger partial charge in [-0.3, -0.25) is 15.7 Å². The fraction of sp³-hybridized carbons (Fsp3) is 0.0833. The van der Waals surface area contributed by atoms with E-state index in [9.17, 15) is 0 Å². The van der Waals surface area contributed by atoms with Crippen molar-refractivity contribution in [1.29, 1.82) is 0 Å². The number of rotatable bonds is 3. The van der Waals surface area contributed by atoms with Crippen LogP contribution in [-0.2, 0) is 0 Å². The number of nitrogen functional groups attached to an aromatic ring is 1. The molecule has 1 aromatic carbocycles. The van der Waals surface area contributed by atoms with Crippen LogP contribution in [0.25, 0.3) is 11.1 Å². The van der Waals surface area contributed by atoms with Gasteiger partial charge in [-0.15, -0.1) is 0 Å². The Bertz CT molecular complexity index is 529. The van der Waals surface area contributed by atoms with Crippen molar-refractivity contribution in [3.63, 3.8) is 0 Å². The second-order valence-electron chi connectivity index (χ2n) is 3.49. The summed E-state index contributed by atoms with van der Waals surface area (Å²) in [6.45, 7) is 0. The second kappa shape index (κ2) is 4.71. The number of aromatic nitrogens is 1. The lowest BCUT2D eigenvalue weighted by atomic mass is 10.0. The maximum atomic E-state index is 8.94. The average molecular weight is 231 g/mol. The Morgan fingerprint density at radius 3 is 2.88 bits per heavy atom. The smallest absolute Gasteiger partial charge is 0.144 e. The van der Waals surface area contributed by atoms with Gasteiger partial charge in [0, 0.05) is 11.8 Å². The second-order valence-corrected chi connectivity index (χ2v) is 3.49. The molecule has 4 N–H and O–H groups in total. The van der Waals surface area contributed by atoms with Gasteiger partial charge in [-0.2, -0.15) is 0 Å². The number of nitrogens with one attached hydrogen (secondary N) is 1. The zero-order valence-electron chi connectivity index (χ0n) is 9.34. The molecule has 0 amide bonds. The quantitative estimate of drug-likeness (QED) is 0.557. The molecule has 0 saturated heterocycles. The topological polar surface area (TPSA) is 80.4 Å². The van der Waals surface area contributed by atoms with E-state index in [1.807, 2.05) is 12.1 Å². The summed E-state index contributed by atoms with van der Waals surface area (Å²) in [5.74, 6) is 0.668. The van der Waals surface area contributed by atoms with E-state index in [0.29, 0.717) is 17.1 Å². The Hall–Kier alpha value is -2.27. The standard InChI is InChI=1S/C12H13N3O2/c1-17-12-7-14-5-4-9(12)8-2-3-10(13)11(6-8)15-16/h2-7,15-16H,13H2,1H3. The van der Waals surface area contributed by atoms with Crippen LogP contribution in [0.3, 0.4) is 0 Å². The molecule has 2 aromatic rings. The molecule has 17 heavy (non-hydrogen) atoms. The molecule has 0 aliphatic heterocycles. The molecule has 0 aliphatic carbocycles. The lowest BCUT2D eigenvalue weighted by molar-refractivity contribution is 0.389. The summed E-state index contributed by atoms with van der Waals surface area (Å²) in [6, 6.07) is 7.15. The Morgan fingerprint density at radius 1 is 1.35 bits per heavy atom. The summed E-state index contributed by atoms with van der Waals surface area (Å²) in [6.07, 6.45) is 3.32. The lowest BCUT2D eigenvalue weighted by Gasteiger charge is -2.10. The number of methoxy groups -OCH3 is 1. The molecule has 5 nitrogen and oxygen atoms in total. The van der Waals surface area contributed by atoms with Crippen LogP contribution in [0.4, 0.5) is 11.4 Å². The monoisotopic (exact) mass is 231 g/mol. The zero-order valence-corrected chi connectivity index (χ0v) is 9.34. The van der Waals surface area contributed by atoms with E-state index in [1.165, 1.54) is 0 Å². The largest absolute Gasteiger partial charge is 0.494 e. The first-order valence-corrected chi connectivity index (χ1v) is 5.04. The van der Waals surface area contributed by atoms with Gasteiger partial charge >= 0.3 is 0 Å². The van der Waals surface area contributed by atoms with E-state index < -0.39 is 0 Å². The van der Waals surface area contributed by atoms with Crippen LogP contribution < -0.4 is 16.0 Å². The van der Waals surface area contributed by atoms with Crippen molar-refractivity contribution in [3.8, 4) is 16.9 Å². The van der Waals surface area contributed by atoms with Crippen molar-refractivity contribution < 1.29 is 9.94 Å². The highest BCUT2D eigenvalue weighted by molar-refractivity contribution is 5.78. The molecule has 0 radical (unpaired) electrons. The van der Waals surface area contributed by atoms with E-state index in [-0.39, 0.29) is 0 Å². The molecular weight excluding hydrogens is 218 g/mol. The SMILES string of the molecule is COc1cnccc1-c1ccc(N)c(NO)c1. The lowest BCUT2D eigenvalue weighted by Crippen LogP contribution is -1.97. The fourth-order valence-corrected chi connectivity index (χ4v) is 1.60. The van der Waals surface area contributed by atoms with Gasteiger partial charge in [0.25, 0.3) is 0 Å². The highest BCUT2D eigenvalue weighted by Crippen LogP contribution is 2.32. The molecule has 0 saturated carbocycles. The first-order chi connectivity index (χ1) is 8.26. The number of ether oxygens (including phenoxy) is 1. The minimum absolute atomic E-state index is 0.460. The summed E-state index contributed by atoms with van der Waals surface area (Å²) < 4.78 is 5.23. The Morgan fingerprint density at radius 2 is 2.18 bits per heavy atom. The summed E-state index contributed by atoms with van der Waals surface area (Å²) in [4.78, 5) is 3.99. The molecule has 0 aliphatic rings. The third kappa shape index (κ3) is 2.14. The Labute approximate surface area is 98.8 Å². The molecule has 1 aromatic heterocycles. The molecular formula is C12H13N3O2. The van der Waals surface area contributed by atoms with Gasteiger partial charge < -0.3 is 10.5 Å². The van der Waals surface area contributed by atoms with Gasteiger partial charge in [-0.25, -0.2) is 0 Å². The van der Waals surface area contributed by atoms with Crippen LogP contribution in [0, 0.1) is 0 Å². The van der Waals surface area contributed by atoms with E-state index in [2.05, 4.69) is 10.5 Å². The van der Waals surface area contributed by atoms with Gasteiger partial charge in [0.1, 0.15) is 5.75 Å². The van der Waals surface area contributed by atoms with E-state index in [4.69, 9.17) is 15.7 Å². The minimum Gasteiger partial charge on any atom is -0.494 e. The van der Waals surface area contributed by atoms with Crippen molar-refractivity contribution in [3.05, 3.63) is 36.7 Å². The van der Waals surface area contributed by atoms with Crippen molar-refractivity contribution in [1.82, 2.24) is 4.98 Å². The first kappa shape index (κ1) is 11.2. The van der Waals surface area contributed by atoms with Crippen LogP contribution in [0.2, 0.25) is 0 Å². The highest BCUT2D eigenvalue weighted by atomic mass is 16.5. The van der Waals surface area contributed by atoms with Gasteiger partial charge in [-0.05, 0) is 23.8 Å². The number of nitrogens with two attached hydrogens (primary N) is 1. The van der Waals surface area contributed by atoms with Crippen LogP contribution in [0.5, 0.6) is 5.75 Å². The van der Waals surface area contributed by atoms with Crippen molar-refractivity contribution in [2.24, 2.45) is 0 Å². The summed E-state index contributed by atoms with van der Waals surface area (Å²) in [5.41, 5.74) is 10.5. The van der Waals surface area contributed by atoms with Gasteiger partial charge in [0.05, 0.1) is 24.7 Å². The predicted molar refractivity (Wildman–Crippen MR) is 66.0 cm³/mol. The number of hydrogen-bond donors (Lipinski definition) is 3. The molecule has 0 atom stereocenters. The number of anilines is 2. The summed E-state index contributed by atoms with van der Waals surface area (Å²) in [5, 5.41) is 8.94. The van der Waals surface area contributed by atoms with Crippen LogP contribution >= 0.6 is 0 Å². The fourth-order valence-electron chi connectivity index (χ4n) is 1.60. The van der Waals surface area contributed by atoms with Crippen LogP contribution in [0.15, 0.2) is 36.7 Å². The number of benzene rings is 1. The molecule has 2 rings (SSSR count). The molecule has 0 fully saturated rings. The number of hydrogen-bond acceptors (Lipinski definition) is 5. The number of nitrogens with zero attached hydrogens (tertiary/aromatic N) is 1. The van der Waals surface area contributed by atoms with Gasteiger partial charge in [0.2, 0.25) is 0 Å². The minimum atomic E-state index is 0.460. The maximum Gasteiger partial charge on any atom is 0.144 e. The third-order valence-electron chi connectivity index (χ3n) is 2.49. The van der Waals surface area contributed by atoms with Crippen LogP contribution in [-0.4, -0.2) is 17.3 Å². The molecule has 88 valence electrons. The van der Waals surface area contributed by atoms with Crippen LogP contribution in [0.1, 0.15) is 0 Å². The first-order valence-electron chi connectivity index (χ1n) is 5.04. The molecule has 5 heteroatoms. The summed E-state index contributed by atoms with van der Waals surface area (Å²) in [7, 11) is 1.59. The van der Waals surface area contributed by atoms with E-state index in [1.54, 1.807) is 31.6 Å². The van der Waals surface area contributed by atoms with E-state index >= 15 is 0 Å². The highest BCUT2D eigenvalue weighted by Gasteiger charge is 2.07. The maximum absolute atomic E-state index is 8.94. The average Bonchev–Trinajstić information content (AvgIpc) is 2.39. The van der Waals surface area contributed by atoms with E-state index in [0.717, 1.165) is 11.1 Å². The van der Waals surface area contributed by atoms with Crippen molar-refractivity contribution in [2.75, 3.05) is 18.3 Å². The number of pyridine rings is 1. The Balaban J connectivity index is 2.53. The zero-order chi connectivity index (χ0) is 12.3. The van der Waals surface area contributed by atoms with Gasteiger partial charge in [0.15, 0.2) is 0 Å². The normalized spacial score (nSPS) is 10.0. The van der Waals surface area contributed by atoms with Gasteiger partial charge in [-0.1, -0.05) is 6.07 Å². The van der Waals surface area contributed by atoms with Crippen molar-refractivity contribution in [2.45, 2.75) is 0 Å². The third-order valence-corrected chi connectivity index (χ3v) is 2.49. The molecule has 1 heterocycles. The van der Waals surface area contributed by atoms with Crippen molar-refractivity contribution >= 4 is 11.4 Å². The predicted octanol–water partition coefficient (Wildman–Crippen LogP) is 2.14. The Kier molecular flexibility index (Phi) is 3.11. The molecule has 0 spiro atoms. The summed E-state index contributed by atoms with van der Waals surface area (Å²) >= 11 is 0.